The molecule has 0 bridgehead atoms. The Morgan fingerprint density at radius 3 is 2.79 bits per heavy atom. The van der Waals surface area contributed by atoms with E-state index in [1.807, 2.05) is 30.2 Å². The zero-order valence-electron chi connectivity index (χ0n) is 14.4. The maximum atomic E-state index is 12.6. The van der Waals surface area contributed by atoms with E-state index in [0.717, 1.165) is 38.2 Å². The number of carbonyl (C=O) groups is 1. The van der Waals surface area contributed by atoms with Crippen molar-refractivity contribution in [1.29, 1.82) is 0 Å². The molecule has 128 valence electrons. The summed E-state index contributed by atoms with van der Waals surface area (Å²) in [5, 5.41) is 4.32. The number of rotatable bonds is 5. The molecular formula is C19H25N3O2. The summed E-state index contributed by atoms with van der Waals surface area (Å²) in [6, 6.07) is 9.90. The van der Waals surface area contributed by atoms with Crippen molar-refractivity contribution in [2.75, 3.05) is 19.7 Å². The molecule has 0 radical (unpaired) electrons. The Bertz CT molecular complexity index is 678. The lowest BCUT2D eigenvalue weighted by atomic mass is 9.98. The van der Waals surface area contributed by atoms with Crippen LogP contribution < -0.4 is 4.74 Å². The number of piperidine rings is 1. The van der Waals surface area contributed by atoms with Crippen LogP contribution in [0.4, 0.5) is 0 Å². The van der Waals surface area contributed by atoms with Crippen molar-refractivity contribution in [2.24, 2.45) is 5.92 Å². The topological polar surface area (TPSA) is 47.4 Å². The summed E-state index contributed by atoms with van der Waals surface area (Å²) in [7, 11) is 0. The first-order valence-electron chi connectivity index (χ1n) is 8.68. The minimum absolute atomic E-state index is 0.0298. The number of ether oxygens (including phenoxy) is 1. The Morgan fingerprint density at radius 1 is 1.29 bits per heavy atom. The quantitative estimate of drug-likeness (QED) is 0.847. The first-order valence-corrected chi connectivity index (χ1v) is 8.68. The molecule has 1 amide bonds. The van der Waals surface area contributed by atoms with E-state index in [9.17, 15) is 4.79 Å². The van der Waals surface area contributed by atoms with Crippen molar-refractivity contribution in [3.8, 4) is 5.75 Å². The van der Waals surface area contributed by atoms with Gasteiger partial charge in [0.25, 0.3) is 5.91 Å². The van der Waals surface area contributed by atoms with Crippen LogP contribution in [0.25, 0.3) is 0 Å². The van der Waals surface area contributed by atoms with Crippen LogP contribution in [0.2, 0.25) is 0 Å². The average Bonchev–Trinajstić information content (AvgIpc) is 3.10. The van der Waals surface area contributed by atoms with Gasteiger partial charge in [-0.2, -0.15) is 5.10 Å². The van der Waals surface area contributed by atoms with Gasteiger partial charge in [-0.15, -0.1) is 0 Å². The highest BCUT2D eigenvalue weighted by atomic mass is 16.5. The van der Waals surface area contributed by atoms with Crippen LogP contribution >= 0.6 is 0 Å². The van der Waals surface area contributed by atoms with Crippen LogP contribution in [0.5, 0.6) is 5.75 Å². The van der Waals surface area contributed by atoms with Gasteiger partial charge in [0.05, 0.1) is 6.61 Å². The molecule has 3 rings (SSSR count). The second-order valence-electron chi connectivity index (χ2n) is 6.44. The molecule has 0 aliphatic carbocycles. The Labute approximate surface area is 143 Å². The Morgan fingerprint density at radius 2 is 2.08 bits per heavy atom. The fourth-order valence-corrected chi connectivity index (χ4v) is 3.05. The van der Waals surface area contributed by atoms with Gasteiger partial charge in [0.2, 0.25) is 0 Å². The molecule has 0 saturated carbocycles. The fourth-order valence-electron chi connectivity index (χ4n) is 3.05. The van der Waals surface area contributed by atoms with Gasteiger partial charge >= 0.3 is 0 Å². The largest absolute Gasteiger partial charge is 0.493 e. The number of carbonyl (C=O) groups excluding carboxylic acids is 1. The predicted molar refractivity (Wildman–Crippen MR) is 93.2 cm³/mol. The normalized spacial score (nSPS) is 17.8. The highest BCUT2D eigenvalue weighted by Crippen LogP contribution is 2.20. The lowest BCUT2D eigenvalue weighted by Gasteiger charge is -2.32. The lowest BCUT2D eigenvalue weighted by molar-refractivity contribution is 0.0626. The highest BCUT2D eigenvalue weighted by molar-refractivity contribution is 5.92. The van der Waals surface area contributed by atoms with Crippen LogP contribution in [0.15, 0.2) is 36.5 Å². The molecule has 2 aromatic rings. The van der Waals surface area contributed by atoms with Gasteiger partial charge in [-0.1, -0.05) is 17.7 Å². The van der Waals surface area contributed by atoms with Gasteiger partial charge < -0.3 is 9.64 Å². The smallest absolute Gasteiger partial charge is 0.274 e. The van der Waals surface area contributed by atoms with E-state index >= 15 is 0 Å². The van der Waals surface area contributed by atoms with Crippen molar-refractivity contribution < 1.29 is 9.53 Å². The van der Waals surface area contributed by atoms with E-state index in [0.29, 0.717) is 18.2 Å². The second kappa shape index (κ2) is 7.51. The van der Waals surface area contributed by atoms with Gasteiger partial charge in [0, 0.05) is 31.7 Å². The number of likely N-dealkylation sites (tertiary alicyclic amines) is 1. The third kappa shape index (κ3) is 3.96. The number of benzene rings is 1. The summed E-state index contributed by atoms with van der Waals surface area (Å²) < 4.78 is 7.68. The minimum atomic E-state index is 0.0298. The number of hydrogen-bond donors (Lipinski definition) is 0. The zero-order chi connectivity index (χ0) is 16.9. The van der Waals surface area contributed by atoms with Crippen molar-refractivity contribution in [3.63, 3.8) is 0 Å². The molecular weight excluding hydrogens is 302 g/mol. The van der Waals surface area contributed by atoms with E-state index < -0.39 is 0 Å². The SMILES string of the molecule is CCn1ccc(C(=O)N2CCC[C@H](COc3ccc(C)cc3)C2)n1. The summed E-state index contributed by atoms with van der Waals surface area (Å²) in [4.78, 5) is 14.5. The monoisotopic (exact) mass is 327 g/mol. The van der Waals surface area contributed by atoms with E-state index in [1.54, 1.807) is 10.7 Å². The molecule has 24 heavy (non-hydrogen) atoms. The third-order valence-electron chi connectivity index (χ3n) is 4.50. The number of hydrogen-bond acceptors (Lipinski definition) is 3. The van der Waals surface area contributed by atoms with Gasteiger partial charge in [-0.3, -0.25) is 9.48 Å². The third-order valence-corrected chi connectivity index (χ3v) is 4.50. The molecule has 0 spiro atoms. The van der Waals surface area contributed by atoms with Crippen molar-refractivity contribution in [3.05, 3.63) is 47.8 Å². The number of aromatic nitrogens is 2. The molecule has 1 aromatic heterocycles. The molecule has 2 heterocycles. The Kier molecular flexibility index (Phi) is 5.18. The van der Waals surface area contributed by atoms with E-state index in [1.165, 1.54) is 5.56 Å². The molecule has 1 aliphatic heterocycles. The lowest BCUT2D eigenvalue weighted by Crippen LogP contribution is -2.41. The average molecular weight is 327 g/mol. The number of nitrogens with zero attached hydrogens (tertiary/aromatic N) is 3. The van der Waals surface area contributed by atoms with E-state index in [4.69, 9.17) is 4.74 Å². The minimum Gasteiger partial charge on any atom is -0.493 e. The number of aryl methyl sites for hydroxylation is 2. The summed E-state index contributed by atoms with van der Waals surface area (Å²) >= 11 is 0. The Hall–Kier alpha value is -2.30. The molecule has 0 N–H and O–H groups in total. The predicted octanol–water partition coefficient (Wildman–Crippen LogP) is 3.14. The van der Waals surface area contributed by atoms with Crippen molar-refractivity contribution >= 4 is 5.91 Å². The van der Waals surface area contributed by atoms with Crippen LogP contribution in [-0.4, -0.2) is 40.3 Å². The molecule has 1 atom stereocenters. The maximum Gasteiger partial charge on any atom is 0.274 e. The van der Waals surface area contributed by atoms with Gasteiger partial charge in [-0.05, 0) is 44.9 Å². The standard InChI is InChI=1S/C19H25N3O2/c1-3-22-12-10-18(20-22)19(23)21-11-4-5-16(13-21)14-24-17-8-6-15(2)7-9-17/h6-10,12,16H,3-5,11,13-14H2,1-2H3/t16-/m0/s1. The van der Waals surface area contributed by atoms with Gasteiger partial charge in [0.1, 0.15) is 11.4 Å². The van der Waals surface area contributed by atoms with Crippen molar-refractivity contribution in [1.82, 2.24) is 14.7 Å². The molecule has 5 heteroatoms. The zero-order valence-corrected chi connectivity index (χ0v) is 14.4. The van der Waals surface area contributed by atoms with Crippen LogP contribution in [0.1, 0.15) is 35.8 Å². The molecule has 0 unspecified atom stereocenters. The summed E-state index contributed by atoms with van der Waals surface area (Å²) in [6.45, 7) is 7.05. The molecule has 1 aliphatic rings. The molecule has 1 fully saturated rings. The molecule has 1 saturated heterocycles. The van der Waals surface area contributed by atoms with Gasteiger partial charge in [0.15, 0.2) is 0 Å². The maximum absolute atomic E-state index is 12.6. The van der Waals surface area contributed by atoms with Gasteiger partial charge in [-0.25, -0.2) is 0 Å². The van der Waals surface area contributed by atoms with E-state index in [-0.39, 0.29) is 5.91 Å². The first kappa shape index (κ1) is 16.6. The van der Waals surface area contributed by atoms with Crippen molar-refractivity contribution in [2.45, 2.75) is 33.2 Å². The number of amides is 1. The van der Waals surface area contributed by atoms with Crippen LogP contribution in [-0.2, 0) is 6.54 Å². The van der Waals surface area contributed by atoms with Crippen LogP contribution in [0, 0.1) is 12.8 Å². The summed E-state index contributed by atoms with van der Waals surface area (Å²) in [6.07, 6.45) is 3.97. The second-order valence-corrected chi connectivity index (χ2v) is 6.44. The summed E-state index contributed by atoms with van der Waals surface area (Å²) in [5.74, 6) is 1.30. The van der Waals surface area contributed by atoms with E-state index in [2.05, 4.69) is 24.2 Å². The first-order chi connectivity index (χ1) is 11.7. The fraction of sp³-hybridized carbons (Fsp3) is 0.474. The Balaban J connectivity index is 1.55. The van der Waals surface area contributed by atoms with Crippen LogP contribution in [0.3, 0.4) is 0 Å². The molecule has 1 aromatic carbocycles. The highest BCUT2D eigenvalue weighted by Gasteiger charge is 2.26. The molecule has 5 nitrogen and oxygen atoms in total. The summed E-state index contributed by atoms with van der Waals surface area (Å²) in [5.41, 5.74) is 1.76.